The number of nitrogens with one attached hydrogen (secondary N) is 2. The van der Waals surface area contributed by atoms with Gasteiger partial charge in [-0.2, -0.15) is 0 Å². The number of amides is 1. The Morgan fingerprint density at radius 2 is 1.86 bits per heavy atom. The van der Waals surface area contributed by atoms with Gasteiger partial charge in [-0.25, -0.2) is 9.97 Å². The van der Waals surface area contributed by atoms with E-state index in [-0.39, 0.29) is 5.91 Å². The van der Waals surface area contributed by atoms with Crippen LogP contribution in [0.2, 0.25) is 0 Å². The lowest BCUT2D eigenvalue weighted by Crippen LogP contribution is -2.24. The van der Waals surface area contributed by atoms with E-state index in [0.29, 0.717) is 18.1 Å². The van der Waals surface area contributed by atoms with Crippen molar-refractivity contribution in [3.8, 4) is 0 Å². The summed E-state index contributed by atoms with van der Waals surface area (Å²) < 4.78 is 0. The predicted octanol–water partition coefficient (Wildman–Crippen LogP) is 3.39. The topological polar surface area (TPSA) is 83.0 Å². The fraction of sp³-hybridized carbons (Fsp3) is 0.238. The van der Waals surface area contributed by atoms with Gasteiger partial charge in [0, 0.05) is 49.5 Å². The van der Waals surface area contributed by atoms with E-state index in [9.17, 15) is 4.79 Å². The zero-order valence-electron chi connectivity index (χ0n) is 16.1. The number of anilines is 3. The van der Waals surface area contributed by atoms with Gasteiger partial charge < -0.3 is 15.5 Å². The molecule has 0 bridgehead atoms. The van der Waals surface area contributed by atoms with Gasteiger partial charge in [-0.1, -0.05) is 6.07 Å². The summed E-state index contributed by atoms with van der Waals surface area (Å²) in [6.45, 7) is 6.60. The Morgan fingerprint density at radius 3 is 2.54 bits per heavy atom. The Morgan fingerprint density at radius 1 is 1.07 bits per heavy atom. The molecule has 7 heteroatoms. The molecule has 3 rings (SSSR count). The van der Waals surface area contributed by atoms with Crippen molar-refractivity contribution in [3.05, 3.63) is 72.4 Å². The molecule has 0 unspecified atom stereocenters. The summed E-state index contributed by atoms with van der Waals surface area (Å²) >= 11 is 0. The maximum absolute atomic E-state index is 12.4. The molecule has 28 heavy (non-hydrogen) atoms. The molecular weight excluding hydrogens is 352 g/mol. The molecule has 0 atom stereocenters. The highest BCUT2D eigenvalue weighted by Crippen LogP contribution is 2.20. The van der Waals surface area contributed by atoms with E-state index in [1.165, 1.54) is 12.0 Å². The molecule has 0 fully saturated rings. The van der Waals surface area contributed by atoms with Crippen LogP contribution in [-0.2, 0) is 6.54 Å². The summed E-state index contributed by atoms with van der Waals surface area (Å²) in [5.74, 6) is 0.309. The number of pyridine rings is 1. The number of hydrogen-bond donors (Lipinski definition) is 2. The van der Waals surface area contributed by atoms with Gasteiger partial charge in [-0.15, -0.1) is 0 Å². The van der Waals surface area contributed by atoms with E-state index >= 15 is 0 Å². The Labute approximate surface area is 164 Å². The van der Waals surface area contributed by atoms with Gasteiger partial charge >= 0.3 is 0 Å². The van der Waals surface area contributed by atoms with Crippen molar-refractivity contribution < 1.29 is 4.79 Å². The second-order valence-electron chi connectivity index (χ2n) is 6.18. The van der Waals surface area contributed by atoms with E-state index in [2.05, 4.69) is 56.5 Å². The Bertz CT molecular complexity index is 894. The molecule has 0 radical (unpaired) electrons. The van der Waals surface area contributed by atoms with Gasteiger partial charge in [-0.05, 0) is 49.7 Å². The largest absolute Gasteiger partial charge is 0.372 e. The first-order chi connectivity index (χ1) is 13.7. The van der Waals surface area contributed by atoms with E-state index in [1.54, 1.807) is 18.5 Å². The molecule has 3 aromatic rings. The second kappa shape index (κ2) is 9.45. The zero-order chi connectivity index (χ0) is 19.8. The average Bonchev–Trinajstić information content (AvgIpc) is 2.75. The summed E-state index contributed by atoms with van der Waals surface area (Å²) in [6.07, 6.45) is 4.79. The van der Waals surface area contributed by atoms with E-state index in [1.807, 2.05) is 24.3 Å². The second-order valence-corrected chi connectivity index (χ2v) is 6.18. The third kappa shape index (κ3) is 5.03. The van der Waals surface area contributed by atoms with E-state index < -0.39 is 0 Å². The number of hydrogen-bond acceptors (Lipinski definition) is 6. The van der Waals surface area contributed by atoms with Gasteiger partial charge in [0.2, 0.25) is 0 Å². The Hall–Kier alpha value is -3.48. The van der Waals surface area contributed by atoms with Crippen LogP contribution in [0.15, 0.2) is 61.2 Å². The number of rotatable bonds is 8. The maximum Gasteiger partial charge on any atom is 0.270 e. The lowest BCUT2D eigenvalue weighted by atomic mass is 10.2. The SMILES string of the molecule is CCN(CC)c1ccc(Nc2cc(C(=O)NCc3cccnc3)ncn2)cc1. The van der Waals surface area contributed by atoms with Gasteiger partial charge in [0.05, 0.1) is 0 Å². The molecule has 7 nitrogen and oxygen atoms in total. The van der Waals surface area contributed by atoms with Gasteiger partial charge in [0.1, 0.15) is 17.8 Å². The van der Waals surface area contributed by atoms with Crippen LogP contribution >= 0.6 is 0 Å². The standard InChI is InChI=1S/C21H24N6O/c1-3-27(4-2)18-9-7-17(8-10-18)26-20-12-19(24-15-25-20)21(28)23-14-16-6-5-11-22-13-16/h5-13,15H,3-4,14H2,1-2H3,(H,23,28)(H,24,25,26). The normalized spacial score (nSPS) is 10.4. The average molecular weight is 376 g/mol. The zero-order valence-corrected chi connectivity index (χ0v) is 16.1. The molecule has 2 aromatic heterocycles. The summed E-state index contributed by atoms with van der Waals surface area (Å²) in [5, 5.41) is 6.05. The molecule has 0 saturated carbocycles. The van der Waals surface area contributed by atoms with Crippen molar-refractivity contribution in [2.24, 2.45) is 0 Å². The number of aromatic nitrogens is 3. The van der Waals surface area contributed by atoms with E-state index in [0.717, 1.165) is 24.3 Å². The van der Waals surface area contributed by atoms with Crippen LogP contribution < -0.4 is 15.5 Å². The lowest BCUT2D eigenvalue weighted by Gasteiger charge is -2.21. The monoisotopic (exact) mass is 376 g/mol. The first kappa shape index (κ1) is 19.3. The lowest BCUT2D eigenvalue weighted by molar-refractivity contribution is 0.0945. The molecule has 1 amide bonds. The van der Waals surface area contributed by atoms with Crippen molar-refractivity contribution in [2.75, 3.05) is 23.3 Å². The molecule has 2 N–H and O–H groups in total. The van der Waals surface area contributed by atoms with Crippen molar-refractivity contribution in [1.82, 2.24) is 20.3 Å². The minimum Gasteiger partial charge on any atom is -0.372 e. The molecule has 0 aliphatic heterocycles. The van der Waals surface area contributed by atoms with Crippen LogP contribution in [-0.4, -0.2) is 33.9 Å². The summed E-state index contributed by atoms with van der Waals surface area (Å²) in [4.78, 5) is 26.9. The Balaban J connectivity index is 1.63. The molecule has 0 aliphatic carbocycles. The number of benzene rings is 1. The first-order valence-corrected chi connectivity index (χ1v) is 9.30. The Kier molecular flexibility index (Phi) is 6.51. The highest BCUT2D eigenvalue weighted by Gasteiger charge is 2.09. The highest BCUT2D eigenvalue weighted by atomic mass is 16.1. The summed E-state index contributed by atoms with van der Waals surface area (Å²) in [6, 6.07) is 13.5. The minimum atomic E-state index is -0.258. The third-order valence-electron chi connectivity index (χ3n) is 4.34. The molecule has 2 heterocycles. The fourth-order valence-corrected chi connectivity index (χ4v) is 2.82. The maximum atomic E-state index is 12.4. The van der Waals surface area contributed by atoms with Crippen LogP contribution in [0.1, 0.15) is 29.9 Å². The molecular formula is C21H24N6O. The molecule has 0 saturated heterocycles. The van der Waals surface area contributed by atoms with Crippen LogP contribution in [0.4, 0.5) is 17.2 Å². The number of carbonyl (C=O) groups is 1. The van der Waals surface area contributed by atoms with Crippen molar-refractivity contribution >= 4 is 23.1 Å². The number of carbonyl (C=O) groups excluding carboxylic acids is 1. The van der Waals surface area contributed by atoms with Crippen LogP contribution in [0.3, 0.4) is 0 Å². The first-order valence-electron chi connectivity index (χ1n) is 9.30. The molecule has 0 aliphatic rings. The highest BCUT2D eigenvalue weighted by molar-refractivity contribution is 5.92. The smallest absolute Gasteiger partial charge is 0.270 e. The summed E-state index contributed by atoms with van der Waals surface area (Å²) in [7, 11) is 0. The van der Waals surface area contributed by atoms with Crippen molar-refractivity contribution in [3.63, 3.8) is 0 Å². The minimum absolute atomic E-state index is 0.258. The fourth-order valence-electron chi connectivity index (χ4n) is 2.82. The molecule has 144 valence electrons. The van der Waals surface area contributed by atoms with Crippen LogP contribution in [0.5, 0.6) is 0 Å². The van der Waals surface area contributed by atoms with Crippen molar-refractivity contribution in [2.45, 2.75) is 20.4 Å². The summed E-state index contributed by atoms with van der Waals surface area (Å²) in [5.41, 5.74) is 3.31. The quantitative estimate of drug-likeness (QED) is 0.627. The van der Waals surface area contributed by atoms with Crippen LogP contribution in [0, 0.1) is 0 Å². The van der Waals surface area contributed by atoms with E-state index in [4.69, 9.17) is 0 Å². The van der Waals surface area contributed by atoms with Gasteiger partial charge in [-0.3, -0.25) is 9.78 Å². The molecule has 0 spiro atoms. The number of nitrogens with zero attached hydrogens (tertiary/aromatic N) is 4. The van der Waals surface area contributed by atoms with Crippen LogP contribution in [0.25, 0.3) is 0 Å². The van der Waals surface area contributed by atoms with Gasteiger partial charge in [0.25, 0.3) is 5.91 Å². The third-order valence-corrected chi connectivity index (χ3v) is 4.34. The van der Waals surface area contributed by atoms with Crippen molar-refractivity contribution in [1.29, 1.82) is 0 Å². The predicted molar refractivity (Wildman–Crippen MR) is 111 cm³/mol. The van der Waals surface area contributed by atoms with Gasteiger partial charge in [0.15, 0.2) is 0 Å². The molecule has 1 aromatic carbocycles.